The average Bonchev–Trinajstić information content (AvgIpc) is 3.58. The van der Waals surface area contributed by atoms with Gasteiger partial charge in [-0.25, -0.2) is 8.78 Å². The van der Waals surface area contributed by atoms with Crippen LogP contribution in [-0.4, -0.2) is 75.9 Å². The number of nitrogens with zero attached hydrogens (tertiary/aromatic N) is 2. The fourth-order valence-corrected chi connectivity index (χ4v) is 8.18. The number of nitrogens with one attached hydrogen (secondary N) is 1. The van der Waals surface area contributed by atoms with Gasteiger partial charge in [0.1, 0.15) is 5.82 Å². The summed E-state index contributed by atoms with van der Waals surface area (Å²) < 4.78 is 62.6. The summed E-state index contributed by atoms with van der Waals surface area (Å²) in [6.07, 6.45) is -0.969. The Hall–Kier alpha value is -6.54. The standard InChI is InChI=1S/C41H31AsF4N3O9/c1-20-26(28-13-34(50)30(45)17-32(28)48(20)40(56)22-3-7-24(43)8-4-22)15-36(52)42-12-11-38(54)58-39(55)19-47-37(53)16-27-21(2)49(33-18-31(46)35(51)14-29(27)33)41(57)23-5-9-25(44)10-6-23/h3-10,13-14,17-18,50-51H,11-12,15-16,19H2,1-2H3,(H,47,53). The summed E-state index contributed by atoms with van der Waals surface area (Å²) in [6.45, 7) is 2.30. The van der Waals surface area contributed by atoms with Crippen molar-refractivity contribution >= 4 is 71.8 Å². The number of aromatic nitrogens is 2. The molecule has 3 N–H and O–H groups in total. The summed E-state index contributed by atoms with van der Waals surface area (Å²) >= 11 is -1.16. The van der Waals surface area contributed by atoms with Crippen molar-refractivity contribution in [2.24, 2.45) is 0 Å². The van der Waals surface area contributed by atoms with Crippen LogP contribution in [0.15, 0.2) is 72.8 Å². The fraction of sp³-hybridized carbons (Fsp3) is 0.171. The van der Waals surface area contributed by atoms with Gasteiger partial charge in [-0.3, -0.25) is 4.79 Å². The van der Waals surface area contributed by atoms with E-state index in [4.69, 9.17) is 4.74 Å². The van der Waals surface area contributed by atoms with Crippen molar-refractivity contribution in [3.05, 3.63) is 130 Å². The van der Waals surface area contributed by atoms with Gasteiger partial charge in [0.2, 0.25) is 0 Å². The molecule has 2 aromatic heterocycles. The number of fused-ring (bicyclic) bond motifs is 2. The molecule has 6 aromatic rings. The van der Waals surface area contributed by atoms with Gasteiger partial charge in [-0.05, 0) is 24.3 Å². The van der Waals surface area contributed by atoms with Crippen molar-refractivity contribution in [2.75, 3.05) is 6.54 Å². The maximum atomic E-state index is 14.4. The van der Waals surface area contributed by atoms with Crippen LogP contribution in [0, 0.1) is 37.1 Å². The normalized spacial score (nSPS) is 11.4. The molecule has 6 rings (SSSR count). The quantitative estimate of drug-likeness (QED) is 0.0616. The van der Waals surface area contributed by atoms with E-state index >= 15 is 0 Å². The summed E-state index contributed by atoms with van der Waals surface area (Å²) in [5, 5.41) is 22.9. The summed E-state index contributed by atoms with van der Waals surface area (Å²) in [6, 6.07) is 13.4. The zero-order valence-electron chi connectivity index (χ0n) is 30.6. The number of benzene rings is 4. The molecule has 12 nitrogen and oxygen atoms in total. The number of ether oxygens (including phenoxy) is 1. The van der Waals surface area contributed by atoms with Crippen molar-refractivity contribution in [1.82, 2.24) is 14.5 Å². The smallest absolute Gasteiger partial charge is 0.505 e. The van der Waals surface area contributed by atoms with E-state index in [0.29, 0.717) is 11.3 Å². The molecule has 0 fully saturated rings. The van der Waals surface area contributed by atoms with E-state index in [0.717, 1.165) is 53.1 Å². The molecule has 1 radical (unpaired) electrons. The van der Waals surface area contributed by atoms with E-state index in [1.165, 1.54) is 35.8 Å². The molecular weight excluding hydrogens is 829 g/mol. The van der Waals surface area contributed by atoms with Crippen LogP contribution in [0.1, 0.15) is 49.7 Å². The van der Waals surface area contributed by atoms with E-state index < -0.39 is 93.1 Å². The minimum absolute atomic E-state index is 0.0318. The summed E-state index contributed by atoms with van der Waals surface area (Å²) in [7, 11) is 0. The Bertz CT molecular complexity index is 2670. The number of hydrogen-bond donors (Lipinski definition) is 3. The number of aromatic hydroxyl groups is 2. The molecule has 0 spiro atoms. The Morgan fingerprint density at radius 3 is 1.57 bits per heavy atom. The van der Waals surface area contributed by atoms with Gasteiger partial charge in [-0.1, -0.05) is 0 Å². The number of hydrogen-bond acceptors (Lipinski definition) is 9. The number of halogens is 4. The van der Waals surface area contributed by atoms with Crippen molar-refractivity contribution in [3.8, 4) is 11.5 Å². The van der Waals surface area contributed by atoms with Crippen molar-refractivity contribution < 1.29 is 61.3 Å². The number of esters is 2. The third kappa shape index (κ3) is 8.56. The zero-order valence-corrected chi connectivity index (χ0v) is 32.4. The zero-order chi connectivity index (χ0) is 42.0. The van der Waals surface area contributed by atoms with E-state index in [1.54, 1.807) is 6.92 Å². The molecule has 0 saturated carbocycles. The number of carbonyl (C=O) groups is 6. The molecule has 0 saturated heterocycles. The molecule has 2 heterocycles. The number of phenolic OH excluding ortho intramolecular Hbond substituents is 2. The molecule has 0 aliphatic carbocycles. The van der Waals surface area contributed by atoms with E-state index in [9.17, 15) is 56.5 Å². The SMILES string of the molecule is Cc1c(CC(=O)NCC(=O)OC(=O)CC[As]C(=O)Cc2c(C)n(C(=O)c3ccc(F)cc3)c3cc(F)c(O)cc23)c2cc(O)c(F)cc2n1C(=O)c1ccc(F)cc1. The third-order valence-electron chi connectivity index (χ3n) is 9.32. The van der Waals surface area contributed by atoms with Gasteiger partial charge in [0.25, 0.3) is 5.91 Å². The van der Waals surface area contributed by atoms with Gasteiger partial charge in [0.15, 0.2) is 11.6 Å². The first-order valence-electron chi connectivity index (χ1n) is 17.4. The third-order valence-corrected chi connectivity index (χ3v) is 11.3. The maximum absolute atomic E-state index is 14.4. The molecule has 17 heteroatoms. The van der Waals surface area contributed by atoms with Crippen LogP contribution < -0.4 is 5.32 Å². The molecule has 0 aliphatic rings. The fourth-order valence-electron chi connectivity index (χ4n) is 6.48. The summed E-state index contributed by atoms with van der Waals surface area (Å²) in [4.78, 5) is 77.6. The van der Waals surface area contributed by atoms with E-state index in [2.05, 4.69) is 5.32 Å². The minimum Gasteiger partial charge on any atom is -0.505 e. The first-order valence-corrected chi connectivity index (χ1v) is 19.7. The first kappa shape index (κ1) is 41.1. The topological polar surface area (TPSA) is 174 Å². The number of phenols is 2. The second-order valence-corrected chi connectivity index (χ2v) is 15.7. The minimum atomic E-state index is -1.16. The van der Waals surface area contributed by atoms with Gasteiger partial charge in [-0.2, -0.15) is 0 Å². The van der Waals surface area contributed by atoms with E-state index in [-0.39, 0.29) is 66.8 Å². The predicted molar refractivity (Wildman–Crippen MR) is 201 cm³/mol. The van der Waals surface area contributed by atoms with Crippen LogP contribution in [0.4, 0.5) is 17.6 Å². The number of rotatable bonds is 12. The van der Waals surface area contributed by atoms with Crippen molar-refractivity contribution in [2.45, 2.75) is 38.3 Å². The Balaban J connectivity index is 1.04. The first-order chi connectivity index (χ1) is 27.5. The molecule has 0 bridgehead atoms. The molecule has 0 atom stereocenters. The van der Waals surface area contributed by atoms with E-state index in [1.807, 2.05) is 0 Å². The van der Waals surface area contributed by atoms with Crippen LogP contribution in [0.3, 0.4) is 0 Å². The number of carbonyl (C=O) groups excluding carboxylic acids is 6. The average molecular weight is 861 g/mol. The van der Waals surface area contributed by atoms with Crippen molar-refractivity contribution in [3.63, 3.8) is 0 Å². The molecule has 4 aromatic carbocycles. The van der Waals surface area contributed by atoms with Crippen LogP contribution >= 0.6 is 0 Å². The number of amides is 1. The Labute approximate surface area is 332 Å². The monoisotopic (exact) mass is 860 g/mol. The second kappa shape index (κ2) is 16.9. The van der Waals surface area contributed by atoms with Crippen LogP contribution in [-0.2, 0) is 36.8 Å². The molecule has 297 valence electrons. The summed E-state index contributed by atoms with van der Waals surface area (Å²) in [5.41, 5.74) is 1.36. The Morgan fingerprint density at radius 2 is 1.10 bits per heavy atom. The van der Waals surface area contributed by atoms with Gasteiger partial charge in [0, 0.05) is 11.6 Å². The van der Waals surface area contributed by atoms with Crippen LogP contribution in [0.5, 0.6) is 11.5 Å². The predicted octanol–water partition coefficient (Wildman–Crippen LogP) is 5.57. The summed E-state index contributed by atoms with van der Waals surface area (Å²) in [5.74, 6) is -8.67. The molecule has 58 heavy (non-hydrogen) atoms. The molecule has 0 aliphatic heterocycles. The molecular formula is C41H31AsF4N3O9. The Kier molecular flexibility index (Phi) is 12.0. The van der Waals surface area contributed by atoms with Crippen LogP contribution in [0.2, 0.25) is 5.21 Å². The molecule has 1 amide bonds. The van der Waals surface area contributed by atoms with Gasteiger partial charge in [-0.15, -0.1) is 0 Å². The second-order valence-electron chi connectivity index (χ2n) is 13.1. The van der Waals surface area contributed by atoms with Gasteiger partial charge in [0.05, 0.1) is 0 Å². The van der Waals surface area contributed by atoms with Crippen molar-refractivity contribution in [1.29, 1.82) is 0 Å². The molecule has 0 unspecified atom stereocenters. The van der Waals surface area contributed by atoms with Crippen LogP contribution in [0.25, 0.3) is 21.8 Å². The van der Waals surface area contributed by atoms with Gasteiger partial charge < -0.3 is 5.11 Å². The Morgan fingerprint density at radius 1 is 0.655 bits per heavy atom. The van der Waals surface area contributed by atoms with Gasteiger partial charge >= 0.3 is 256 Å².